The maximum absolute atomic E-state index is 12.8. The van der Waals surface area contributed by atoms with Crippen LogP contribution in [0.25, 0.3) is 0 Å². The van der Waals surface area contributed by atoms with Crippen LogP contribution in [-0.4, -0.2) is 87.4 Å². The van der Waals surface area contributed by atoms with Crippen LogP contribution in [0.3, 0.4) is 0 Å². The van der Waals surface area contributed by atoms with E-state index >= 15 is 0 Å². The third kappa shape index (κ3) is 48.0. The first-order chi connectivity index (χ1) is 31.6. The van der Waals surface area contributed by atoms with E-state index in [1.54, 1.807) is 0 Å². The quantitative estimate of drug-likeness (QED) is 0.0212. The summed E-state index contributed by atoms with van der Waals surface area (Å²) in [6, 6.07) is 0. The lowest BCUT2D eigenvalue weighted by atomic mass is 10.1. The van der Waals surface area contributed by atoms with Crippen molar-refractivity contribution in [3.8, 4) is 0 Å². The molecule has 0 radical (unpaired) electrons. The van der Waals surface area contributed by atoms with E-state index in [-0.39, 0.29) is 38.6 Å². The summed E-state index contributed by atoms with van der Waals surface area (Å²) in [5.41, 5.74) is 0. The van der Waals surface area contributed by atoms with Crippen LogP contribution in [0.2, 0.25) is 0 Å². The summed E-state index contributed by atoms with van der Waals surface area (Å²) in [5.74, 6) is -2.05. The van der Waals surface area contributed by atoms with E-state index < -0.39 is 24.3 Å². The monoisotopic (exact) mass is 909 g/mol. The lowest BCUT2D eigenvalue weighted by molar-refractivity contribution is -0.870. The largest absolute Gasteiger partial charge is 0.477 e. The van der Waals surface area contributed by atoms with Gasteiger partial charge in [-0.25, -0.2) is 4.79 Å². The van der Waals surface area contributed by atoms with E-state index in [0.29, 0.717) is 17.4 Å². The minimum Gasteiger partial charge on any atom is -0.477 e. The molecule has 0 saturated carbocycles. The van der Waals surface area contributed by atoms with Gasteiger partial charge in [-0.3, -0.25) is 9.59 Å². The third-order valence-electron chi connectivity index (χ3n) is 10.3. The number of nitrogens with zero attached hydrogens (tertiary/aromatic N) is 1. The Morgan fingerprint density at radius 3 is 1.32 bits per heavy atom. The van der Waals surface area contributed by atoms with Crippen molar-refractivity contribution in [2.24, 2.45) is 0 Å². The number of carboxylic acid groups (broad SMARTS) is 1. The van der Waals surface area contributed by atoms with Gasteiger partial charge < -0.3 is 28.5 Å². The van der Waals surface area contributed by atoms with Gasteiger partial charge in [0.25, 0.3) is 6.29 Å². The number of quaternary nitrogens is 1. The van der Waals surface area contributed by atoms with Gasteiger partial charge in [0.05, 0.1) is 34.4 Å². The van der Waals surface area contributed by atoms with Gasteiger partial charge in [0.1, 0.15) is 13.2 Å². The standard InChI is InChI=1S/C56H93NO8/c1-6-8-10-12-14-16-18-19-20-21-22-23-24-25-26-27-28-29-30-31-32-33-34-35-37-39-41-43-45-47-54(59)65-52(51-64-56(55(60)61)62-49-48-57(3,4)5)50-63-53(58)46-44-42-40-38-36-17-15-13-11-9-7-2/h8,10,13-16,19-20,22-23,25-26,28-29,31-32,52,56H,6-7,9,11-12,17-18,21,24,27,30,33-51H2,1-5H3/p+1/b10-8-,15-13-,16-14-,20-19-,23-22-,26-25-,29-28-,32-31-. The number of esters is 2. The molecule has 65 heavy (non-hydrogen) atoms. The number of carboxylic acids is 1. The number of hydrogen-bond acceptors (Lipinski definition) is 7. The van der Waals surface area contributed by atoms with Crippen molar-refractivity contribution in [1.82, 2.24) is 0 Å². The highest BCUT2D eigenvalue weighted by Crippen LogP contribution is 2.13. The molecule has 370 valence electrons. The number of ether oxygens (including phenoxy) is 4. The Kier molecular flexibility index (Phi) is 44.0. The molecule has 2 atom stereocenters. The number of carbonyl (C=O) groups is 3. The molecule has 9 nitrogen and oxygen atoms in total. The van der Waals surface area contributed by atoms with E-state index in [1.807, 2.05) is 21.1 Å². The second kappa shape index (κ2) is 46.7. The molecule has 0 heterocycles. The highest BCUT2D eigenvalue weighted by atomic mass is 16.7. The van der Waals surface area contributed by atoms with Crippen LogP contribution in [-0.2, 0) is 33.3 Å². The summed E-state index contributed by atoms with van der Waals surface area (Å²) >= 11 is 0. The summed E-state index contributed by atoms with van der Waals surface area (Å²) in [4.78, 5) is 37.2. The molecule has 0 fully saturated rings. The van der Waals surface area contributed by atoms with Gasteiger partial charge >= 0.3 is 17.9 Å². The molecule has 0 aliphatic heterocycles. The van der Waals surface area contributed by atoms with Gasteiger partial charge in [-0.1, -0.05) is 175 Å². The Morgan fingerprint density at radius 2 is 0.877 bits per heavy atom. The average Bonchev–Trinajstić information content (AvgIpc) is 3.27. The maximum atomic E-state index is 12.8. The molecule has 0 aromatic heterocycles. The van der Waals surface area contributed by atoms with Gasteiger partial charge in [0.2, 0.25) is 0 Å². The fraction of sp³-hybridized carbons (Fsp3) is 0.661. The van der Waals surface area contributed by atoms with Gasteiger partial charge in [-0.15, -0.1) is 0 Å². The Hall–Kier alpha value is -3.79. The van der Waals surface area contributed by atoms with Crippen molar-refractivity contribution >= 4 is 17.9 Å². The minimum absolute atomic E-state index is 0.179. The maximum Gasteiger partial charge on any atom is 0.361 e. The second-order valence-corrected chi connectivity index (χ2v) is 17.7. The van der Waals surface area contributed by atoms with Crippen LogP contribution in [0.1, 0.15) is 181 Å². The molecule has 0 aromatic rings. The fourth-order valence-corrected chi connectivity index (χ4v) is 6.38. The highest BCUT2D eigenvalue weighted by molar-refractivity contribution is 5.71. The van der Waals surface area contributed by atoms with Gasteiger partial charge in [-0.05, 0) is 89.9 Å². The first-order valence-electron chi connectivity index (χ1n) is 25.4. The molecule has 0 amide bonds. The van der Waals surface area contributed by atoms with Crippen molar-refractivity contribution in [3.63, 3.8) is 0 Å². The molecular weight excluding hydrogens is 815 g/mol. The van der Waals surface area contributed by atoms with Gasteiger partial charge in [0, 0.05) is 12.8 Å². The first-order valence-corrected chi connectivity index (χ1v) is 25.4. The van der Waals surface area contributed by atoms with E-state index in [4.69, 9.17) is 18.9 Å². The van der Waals surface area contributed by atoms with Crippen LogP contribution in [0.15, 0.2) is 97.2 Å². The van der Waals surface area contributed by atoms with Crippen molar-refractivity contribution in [2.75, 3.05) is 47.5 Å². The smallest absolute Gasteiger partial charge is 0.361 e. The topological polar surface area (TPSA) is 108 Å². The van der Waals surface area contributed by atoms with E-state index in [1.165, 1.54) is 32.1 Å². The molecule has 0 aromatic carbocycles. The minimum atomic E-state index is -1.52. The Morgan fingerprint density at radius 1 is 0.477 bits per heavy atom. The second-order valence-electron chi connectivity index (χ2n) is 17.7. The number of aliphatic carboxylic acids is 1. The zero-order valence-corrected chi connectivity index (χ0v) is 41.9. The van der Waals surface area contributed by atoms with Crippen LogP contribution >= 0.6 is 0 Å². The normalized spacial score (nSPS) is 13.7. The lowest BCUT2D eigenvalue weighted by Gasteiger charge is -2.25. The molecule has 0 aliphatic rings. The SMILES string of the molecule is CC/C=C\C/C=C\C/C=C\C/C=C\C/C=C\C/C=C\C/C=C\CCCCCCCCCC(=O)OC(COC(=O)CCCCCCC/C=C\CCCC)COC(OCC[N+](C)(C)C)C(=O)O. The number of rotatable bonds is 45. The molecule has 9 heteroatoms. The first kappa shape index (κ1) is 61.2. The molecule has 0 saturated heterocycles. The highest BCUT2D eigenvalue weighted by Gasteiger charge is 2.25. The number of likely N-dealkylation sites (N-methyl/N-ethyl adjacent to an activating group) is 1. The number of unbranched alkanes of at least 4 members (excludes halogenated alkanes) is 14. The molecular formula is C56H94NO8+. The summed E-state index contributed by atoms with van der Waals surface area (Å²) in [6.45, 7) is 4.67. The summed E-state index contributed by atoms with van der Waals surface area (Å²) in [7, 11) is 5.94. The number of hydrogen-bond donors (Lipinski definition) is 1. The fourth-order valence-electron chi connectivity index (χ4n) is 6.38. The van der Waals surface area contributed by atoms with Crippen LogP contribution in [0.4, 0.5) is 0 Å². The van der Waals surface area contributed by atoms with Crippen molar-refractivity contribution in [2.45, 2.75) is 193 Å². The van der Waals surface area contributed by atoms with E-state index in [2.05, 4.69) is 111 Å². The molecule has 0 rings (SSSR count). The molecule has 0 aliphatic carbocycles. The van der Waals surface area contributed by atoms with Gasteiger partial charge in [-0.2, -0.15) is 0 Å². The molecule has 0 spiro atoms. The average molecular weight is 909 g/mol. The lowest BCUT2D eigenvalue weighted by Crippen LogP contribution is -2.40. The van der Waals surface area contributed by atoms with E-state index in [0.717, 1.165) is 116 Å². The van der Waals surface area contributed by atoms with Crippen molar-refractivity contribution < 1.29 is 42.9 Å². The Bertz CT molecular complexity index is 1380. The van der Waals surface area contributed by atoms with Crippen molar-refractivity contribution in [3.05, 3.63) is 97.2 Å². The third-order valence-corrected chi connectivity index (χ3v) is 10.3. The summed E-state index contributed by atoms with van der Waals surface area (Å²) < 4.78 is 22.7. The Labute approximate surface area is 397 Å². The Balaban J connectivity index is 4.31. The zero-order valence-electron chi connectivity index (χ0n) is 41.9. The predicted octanol–water partition coefficient (Wildman–Crippen LogP) is 14.2. The van der Waals surface area contributed by atoms with Crippen LogP contribution < -0.4 is 0 Å². The summed E-state index contributed by atoms with van der Waals surface area (Å²) in [6.07, 6.45) is 59.1. The van der Waals surface area contributed by atoms with Crippen molar-refractivity contribution in [1.29, 1.82) is 0 Å². The van der Waals surface area contributed by atoms with Gasteiger partial charge in [0.15, 0.2) is 6.10 Å². The molecule has 0 bridgehead atoms. The van der Waals surface area contributed by atoms with E-state index in [9.17, 15) is 19.5 Å². The van der Waals surface area contributed by atoms with Crippen LogP contribution in [0.5, 0.6) is 0 Å². The predicted molar refractivity (Wildman–Crippen MR) is 272 cm³/mol. The molecule has 2 unspecified atom stereocenters. The zero-order chi connectivity index (χ0) is 47.7. The number of allylic oxidation sites excluding steroid dienone is 16. The molecule has 1 N–H and O–H groups in total. The summed E-state index contributed by atoms with van der Waals surface area (Å²) in [5, 5.41) is 9.65. The number of carbonyl (C=O) groups excluding carboxylic acids is 2. The van der Waals surface area contributed by atoms with Crippen LogP contribution in [0, 0.1) is 0 Å².